The first-order valence-corrected chi connectivity index (χ1v) is 24.4. The number of carbonyl (C=O) groups is 9. The van der Waals surface area contributed by atoms with Crippen LogP contribution in [-0.4, -0.2) is 58.0 Å². The van der Waals surface area contributed by atoms with Crippen LogP contribution in [0.25, 0.3) is 0 Å². The number of halogens is 2. The lowest BCUT2D eigenvalue weighted by molar-refractivity contribution is -0.139. The molecule has 0 N–H and O–H groups in total. The third-order valence-corrected chi connectivity index (χ3v) is 12.8. The molecule has 0 aliphatic heterocycles. The van der Waals surface area contributed by atoms with Gasteiger partial charge in [-0.15, -0.1) is 12.3 Å². The van der Waals surface area contributed by atoms with E-state index in [0.717, 1.165) is 18.9 Å². The van der Waals surface area contributed by atoms with Crippen molar-refractivity contribution in [3.63, 3.8) is 0 Å². The van der Waals surface area contributed by atoms with Crippen LogP contribution < -0.4 is 0 Å². The van der Waals surface area contributed by atoms with Crippen LogP contribution >= 0.6 is 0 Å². The number of Topliss-reactive ketones (excluding diaryl/α,β-unsaturated/α-hetero) is 5. The van der Waals surface area contributed by atoms with E-state index in [1.54, 1.807) is 84.9 Å². The van der Waals surface area contributed by atoms with E-state index >= 15 is 0 Å². The van der Waals surface area contributed by atoms with Gasteiger partial charge in [0.2, 0.25) is 5.78 Å². The fourth-order valence-electron chi connectivity index (χ4n) is 8.78. The Morgan fingerprint density at radius 2 is 0.753 bits per heavy atom. The Morgan fingerprint density at radius 1 is 0.429 bits per heavy atom. The van der Waals surface area contributed by atoms with Crippen LogP contribution in [0.5, 0.6) is 0 Å². The van der Waals surface area contributed by atoms with E-state index in [0.29, 0.717) is 82.7 Å². The fourth-order valence-corrected chi connectivity index (χ4v) is 8.78. The largest absolute Gasteiger partial charge is 0.302 e. The first kappa shape index (κ1) is 57.0. The van der Waals surface area contributed by atoms with Crippen LogP contribution in [0.4, 0.5) is 8.78 Å². The summed E-state index contributed by atoms with van der Waals surface area (Å²) in [5, 5.41) is 0. The Kier molecular flexibility index (Phi) is 19.1. The molecule has 0 spiro atoms. The van der Waals surface area contributed by atoms with Crippen molar-refractivity contribution in [1.29, 1.82) is 0 Å². The van der Waals surface area contributed by atoms with Crippen LogP contribution in [-0.2, 0) is 17.6 Å². The van der Waals surface area contributed by atoms with Crippen LogP contribution in [0.15, 0.2) is 198 Å². The highest BCUT2D eigenvalue weighted by atomic mass is 19.3. The summed E-state index contributed by atoms with van der Waals surface area (Å²) >= 11 is 0. The van der Waals surface area contributed by atoms with E-state index in [1.165, 1.54) is 47.1 Å². The smallest absolute Gasteiger partial charge is 0.293 e. The zero-order valence-corrected chi connectivity index (χ0v) is 41.7. The van der Waals surface area contributed by atoms with Gasteiger partial charge >= 0.3 is 5.92 Å². The van der Waals surface area contributed by atoms with Crippen molar-refractivity contribution in [2.75, 3.05) is 0 Å². The quantitative estimate of drug-likeness (QED) is 0.115. The molecule has 0 radical (unpaired) electrons. The summed E-state index contributed by atoms with van der Waals surface area (Å²) in [6, 6.07) is 45.2. The monoisotopic (exact) mass is 1030 g/mol. The van der Waals surface area contributed by atoms with Gasteiger partial charge in [0, 0.05) is 86.6 Å². The molecule has 0 saturated carbocycles. The average Bonchev–Trinajstić information content (AvgIpc) is 3.42. The fraction of sp³-hybridized carbons (Fsp3) is 0.167. The van der Waals surface area contributed by atoms with Crippen LogP contribution in [0.1, 0.15) is 146 Å². The van der Waals surface area contributed by atoms with Gasteiger partial charge in [-0.2, -0.15) is 8.78 Å². The SMILES string of the molecule is C.C#CCCC1=CC(=O)c2ccccc2C1=O.CC(F)(F)C(=O)CC1=CC(=O)c2ccccc2C1=O.Cc1cccc(CCC2=CC(=O)c3ccccc3C2=O)c1.O=C1C=C(CCc2ccccc2)C(=O)c2ccccc21. The number of hydrogen-bond donors (Lipinski definition) is 0. The maximum atomic E-state index is 12.8. The standard InChI is InChI=1S/C19H16O2.C18H14O2.C14H10F2O3.C14H10O2.CH4/c1-13-5-4-6-14(11-13)9-10-15-12-18(20)16-7-2-3-8-17(16)19(15)21;19-17-12-14(11-10-13-6-2-1-3-7-13)18(20)16-9-5-4-8-15(16)17;1-14(15,16)12(18)7-8-6-11(17)9-4-2-3-5-10(9)13(8)19;1-2-3-6-10-9-13(15)11-7-4-5-8-12(11)14(10)16;/h2-8,11-12H,9-10H2,1H3;1-9,12H,10-11H2;2-6H,7H2,1H3;1,4-5,7-9H,3,6H2;1H4. The molecule has 0 fully saturated rings. The van der Waals surface area contributed by atoms with E-state index in [9.17, 15) is 51.9 Å². The van der Waals surface area contributed by atoms with E-state index in [-0.39, 0.29) is 58.8 Å². The predicted molar refractivity (Wildman–Crippen MR) is 292 cm³/mol. The van der Waals surface area contributed by atoms with E-state index < -0.39 is 29.7 Å². The molecule has 386 valence electrons. The van der Waals surface area contributed by atoms with E-state index in [1.807, 2.05) is 49.4 Å². The van der Waals surface area contributed by atoms with Gasteiger partial charge in [0.25, 0.3) is 0 Å². The summed E-state index contributed by atoms with van der Waals surface area (Å²) in [4.78, 5) is 108. The molecular weight excluding hydrogens is 975 g/mol. The summed E-state index contributed by atoms with van der Waals surface area (Å²) in [5.41, 5.74) is 8.56. The molecule has 11 heteroatoms. The van der Waals surface area contributed by atoms with Gasteiger partial charge in [0.15, 0.2) is 46.3 Å². The van der Waals surface area contributed by atoms with Gasteiger partial charge in [-0.3, -0.25) is 43.2 Å². The Labute approximate surface area is 446 Å². The number of hydrogen-bond acceptors (Lipinski definition) is 9. The molecule has 6 aromatic rings. The van der Waals surface area contributed by atoms with Crippen molar-refractivity contribution in [3.05, 3.63) is 259 Å². The zero-order chi connectivity index (χ0) is 54.5. The topological polar surface area (TPSA) is 154 Å². The lowest BCUT2D eigenvalue weighted by Gasteiger charge is -2.15. The molecule has 9 nitrogen and oxygen atoms in total. The summed E-state index contributed by atoms with van der Waals surface area (Å²) in [5.74, 6) is -3.77. The molecule has 6 aromatic carbocycles. The first-order chi connectivity index (χ1) is 36.4. The minimum absolute atomic E-state index is 0. The van der Waals surface area contributed by atoms with Crippen molar-refractivity contribution >= 4 is 52.0 Å². The molecule has 77 heavy (non-hydrogen) atoms. The van der Waals surface area contributed by atoms with Crippen molar-refractivity contribution < 1.29 is 51.9 Å². The molecule has 0 bridgehead atoms. The van der Waals surface area contributed by atoms with E-state index in [4.69, 9.17) is 6.42 Å². The number of terminal acetylenes is 1. The molecule has 4 aliphatic rings. The number of alkyl halides is 2. The second-order valence-corrected chi connectivity index (χ2v) is 18.3. The molecule has 0 unspecified atom stereocenters. The van der Waals surface area contributed by atoms with Crippen LogP contribution in [0, 0.1) is 19.3 Å². The number of ketones is 9. The number of allylic oxidation sites excluding steroid dienone is 8. The van der Waals surface area contributed by atoms with Gasteiger partial charge in [-0.25, -0.2) is 0 Å². The third-order valence-electron chi connectivity index (χ3n) is 12.8. The molecule has 0 atom stereocenters. The van der Waals surface area contributed by atoms with Crippen molar-refractivity contribution in [1.82, 2.24) is 0 Å². The molecule has 10 rings (SSSR count). The first-order valence-electron chi connectivity index (χ1n) is 24.4. The number of rotatable bonds is 11. The Hall–Kier alpha value is -9.27. The molecule has 0 amide bonds. The number of aryl methyl sites for hydroxylation is 3. The Balaban J connectivity index is 0.000000166. The molecule has 0 saturated heterocycles. The lowest BCUT2D eigenvalue weighted by Crippen LogP contribution is -2.27. The second kappa shape index (κ2) is 25.8. The number of fused-ring (bicyclic) bond motifs is 4. The zero-order valence-electron chi connectivity index (χ0n) is 41.7. The van der Waals surface area contributed by atoms with Gasteiger partial charge in [0.05, 0.1) is 0 Å². The van der Waals surface area contributed by atoms with Gasteiger partial charge in [0.1, 0.15) is 0 Å². The van der Waals surface area contributed by atoms with Gasteiger partial charge in [-0.05, 0) is 74.5 Å². The van der Waals surface area contributed by atoms with Gasteiger partial charge in [-0.1, -0.05) is 165 Å². The Morgan fingerprint density at radius 3 is 1.13 bits per heavy atom. The molecule has 0 aromatic heterocycles. The summed E-state index contributed by atoms with van der Waals surface area (Å²) < 4.78 is 25.6. The highest BCUT2D eigenvalue weighted by Gasteiger charge is 2.35. The minimum Gasteiger partial charge on any atom is -0.293 e. The maximum Gasteiger partial charge on any atom is 0.302 e. The average molecular weight is 1030 g/mol. The van der Waals surface area contributed by atoms with Crippen molar-refractivity contribution in [3.8, 4) is 12.3 Å². The van der Waals surface area contributed by atoms with Gasteiger partial charge < -0.3 is 0 Å². The highest BCUT2D eigenvalue weighted by molar-refractivity contribution is 6.27. The van der Waals surface area contributed by atoms with Crippen LogP contribution in [0.2, 0.25) is 0 Å². The van der Waals surface area contributed by atoms with Crippen molar-refractivity contribution in [2.45, 2.75) is 72.1 Å². The number of benzene rings is 6. The normalized spacial score (nSPS) is 14.0. The molecular formula is C66H54F2O9. The number of carbonyl (C=O) groups excluding carboxylic acids is 9. The third kappa shape index (κ3) is 14.1. The lowest BCUT2D eigenvalue weighted by atomic mass is 9.87. The Bertz CT molecular complexity index is 3520. The molecule has 4 aliphatic carbocycles. The van der Waals surface area contributed by atoms with Crippen molar-refractivity contribution in [2.24, 2.45) is 0 Å². The molecule has 0 heterocycles. The summed E-state index contributed by atoms with van der Waals surface area (Å²) in [6.45, 7) is 2.52. The predicted octanol–water partition coefficient (Wildman–Crippen LogP) is 13.2. The highest BCUT2D eigenvalue weighted by Crippen LogP contribution is 2.29. The second-order valence-electron chi connectivity index (χ2n) is 18.3. The summed E-state index contributed by atoms with van der Waals surface area (Å²) in [7, 11) is 0. The minimum atomic E-state index is -3.51. The maximum absolute atomic E-state index is 12.8. The van der Waals surface area contributed by atoms with Crippen LogP contribution in [0.3, 0.4) is 0 Å². The summed E-state index contributed by atoms with van der Waals surface area (Å²) in [6.07, 6.45) is 13.5. The van der Waals surface area contributed by atoms with E-state index in [2.05, 4.69) is 18.1 Å².